The molecule has 32 heavy (non-hydrogen) atoms. The van der Waals surface area contributed by atoms with Gasteiger partial charge in [0.05, 0.1) is 0 Å². The molecule has 2 rings (SSSR count). The van der Waals surface area contributed by atoms with Crippen LogP contribution in [0.2, 0.25) is 10.6 Å². The van der Waals surface area contributed by atoms with Gasteiger partial charge in [-0.2, -0.15) is 0 Å². The predicted molar refractivity (Wildman–Crippen MR) is 129 cm³/mol. The normalized spacial score (nSPS) is 12.4. The van der Waals surface area contributed by atoms with Crippen molar-refractivity contribution in [3.63, 3.8) is 0 Å². The number of hydrogen-bond donors (Lipinski definition) is 2. The predicted octanol–water partition coefficient (Wildman–Crippen LogP) is 4.56. The van der Waals surface area contributed by atoms with Crippen LogP contribution in [0.4, 0.5) is 9.59 Å². The fourth-order valence-corrected chi connectivity index (χ4v) is 10.8. The Morgan fingerprint density at radius 2 is 1.09 bits per heavy atom. The Morgan fingerprint density at radius 3 is 1.44 bits per heavy atom. The molecule has 0 bridgehead atoms. The maximum atomic E-state index is 12.1. The second-order valence-corrected chi connectivity index (χ2v) is 14.7. The van der Waals surface area contributed by atoms with Crippen LogP contribution in [0.25, 0.3) is 0 Å². The molecule has 0 aliphatic carbocycles. The second-order valence-electron chi connectivity index (χ2n) is 7.19. The van der Waals surface area contributed by atoms with Crippen molar-refractivity contribution in [3.8, 4) is 0 Å². The van der Waals surface area contributed by atoms with E-state index in [2.05, 4.69) is 24.5 Å². The van der Waals surface area contributed by atoms with Gasteiger partial charge in [0.15, 0.2) is 0 Å². The quantitative estimate of drug-likeness (QED) is 0.274. The van der Waals surface area contributed by atoms with Gasteiger partial charge in [0.2, 0.25) is 0 Å². The van der Waals surface area contributed by atoms with E-state index in [-0.39, 0.29) is 37.5 Å². The van der Waals surface area contributed by atoms with E-state index in [9.17, 15) is 9.59 Å². The molecular formula is C24H32N2O4Se2. The van der Waals surface area contributed by atoms with Crippen LogP contribution in [-0.2, 0) is 22.7 Å². The fourth-order valence-electron chi connectivity index (χ4n) is 2.65. The summed E-state index contributed by atoms with van der Waals surface area (Å²) in [7, 11) is 0. The maximum absolute atomic E-state index is 12.1. The first kappa shape index (κ1) is 26.3. The molecule has 0 aliphatic rings. The summed E-state index contributed by atoms with van der Waals surface area (Å²) in [5, 5.41) is 7.90. The van der Waals surface area contributed by atoms with Crippen LogP contribution in [0.3, 0.4) is 0 Å². The van der Waals surface area contributed by atoms with E-state index in [4.69, 9.17) is 9.47 Å². The van der Waals surface area contributed by atoms with Crippen molar-refractivity contribution < 1.29 is 19.1 Å². The Kier molecular flexibility index (Phi) is 12.9. The van der Waals surface area contributed by atoms with Gasteiger partial charge in [-0.25, -0.2) is 0 Å². The summed E-state index contributed by atoms with van der Waals surface area (Å²) in [5.74, 6) is 0. The number of amides is 2. The molecule has 0 aromatic heterocycles. The van der Waals surface area contributed by atoms with E-state index in [0.29, 0.717) is 26.3 Å². The van der Waals surface area contributed by atoms with Gasteiger partial charge < -0.3 is 0 Å². The Hall–Kier alpha value is -1.98. The van der Waals surface area contributed by atoms with Gasteiger partial charge in [-0.05, 0) is 0 Å². The van der Waals surface area contributed by atoms with Gasteiger partial charge in [0, 0.05) is 0 Å². The third kappa shape index (κ3) is 11.1. The zero-order valence-electron chi connectivity index (χ0n) is 18.6. The molecule has 8 heteroatoms. The third-order valence-electron chi connectivity index (χ3n) is 4.68. The molecule has 0 spiro atoms. The molecule has 2 aromatic rings. The molecule has 6 nitrogen and oxygen atoms in total. The minimum atomic E-state index is -0.363. The Morgan fingerprint density at radius 1 is 0.719 bits per heavy atom. The molecule has 0 fully saturated rings. The van der Waals surface area contributed by atoms with Crippen molar-refractivity contribution in [1.82, 2.24) is 10.6 Å². The van der Waals surface area contributed by atoms with E-state index in [1.165, 1.54) is 0 Å². The van der Waals surface area contributed by atoms with Crippen LogP contribution in [0.5, 0.6) is 0 Å². The van der Waals surface area contributed by atoms with Gasteiger partial charge in [0.25, 0.3) is 0 Å². The van der Waals surface area contributed by atoms with Crippen LogP contribution in [0, 0.1) is 0 Å². The van der Waals surface area contributed by atoms with Gasteiger partial charge in [0.1, 0.15) is 0 Å². The first-order valence-electron chi connectivity index (χ1n) is 10.8. The van der Waals surface area contributed by atoms with E-state index in [1.54, 1.807) is 0 Å². The second kappa shape index (κ2) is 15.8. The first-order chi connectivity index (χ1) is 15.6. The number of carbonyl (C=O) groups is 2. The van der Waals surface area contributed by atoms with E-state index < -0.39 is 0 Å². The van der Waals surface area contributed by atoms with Crippen LogP contribution >= 0.6 is 0 Å². The standard InChI is InChI=1S/C24H32N2O4Se2/c1-3-21(25-23(27)29-15-19-11-7-5-8-12-19)17-31-32-18-22(4-2)26-24(28)30-16-20-13-9-6-10-14-20/h5-14,21-22H,3-4,15-18H2,1-2H3,(H,25,27)(H,26,28)/t21-,22-/m0/s1. The van der Waals surface area contributed by atoms with E-state index in [0.717, 1.165) is 34.6 Å². The molecule has 2 aromatic carbocycles. The average Bonchev–Trinajstić information content (AvgIpc) is 2.83. The number of nitrogens with one attached hydrogen (secondary N) is 2. The SMILES string of the molecule is CC[C@@H](C[Se][Se]C[C@H](CC)NC(=O)OCc1ccccc1)NC(=O)OCc1ccccc1. The summed E-state index contributed by atoms with van der Waals surface area (Å²) in [4.78, 5) is 24.2. The van der Waals surface area contributed by atoms with Crippen molar-refractivity contribution in [1.29, 1.82) is 0 Å². The minimum absolute atomic E-state index is 0.129. The summed E-state index contributed by atoms with van der Waals surface area (Å²) in [6, 6.07) is 19.6. The number of carbonyl (C=O) groups excluding carboxylic acids is 2. The summed E-state index contributed by atoms with van der Waals surface area (Å²) >= 11 is 0.868. The zero-order valence-corrected chi connectivity index (χ0v) is 22.0. The summed E-state index contributed by atoms with van der Waals surface area (Å²) < 4.78 is 10.6. The molecule has 0 radical (unpaired) electrons. The van der Waals surface area contributed by atoms with Gasteiger partial charge >= 0.3 is 203 Å². The molecule has 2 atom stereocenters. The van der Waals surface area contributed by atoms with Gasteiger partial charge in [-0.1, -0.05) is 0 Å². The zero-order chi connectivity index (χ0) is 23.0. The third-order valence-corrected chi connectivity index (χ3v) is 12.1. The van der Waals surface area contributed by atoms with Crippen LogP contribution in [0.15, 0.2) is 60.7 Å². The number of rotatable bonds is 13. The average molecular weight is 570 g/mol. The van der Waals surface area contributed by atoms with Crippen LogP contribution in [0.1, 0.15) is 37.8 Å². The number of benzene rings is 2. The summed E-state index contributed by atoms with van der Waals surface area (Å²) in [5.41, 5.74) is 1.95. The number of ether oxygens (including phenoxy) is 2. The van der Waals surface area contributed by atoms with Gasteiger partial charge in [-0.15, -0.1) is 0 Å². The molecule has 174 valence electrons. The molecule has 2 N–H and O–H groups in total. The summed E-state index contributed by atoms with van der Waals surface area (Å²) in [6.45, 7) is 4.71. The van der Waals surface area contributed by atoms with Crippen molar-refractivity contribution in [2.45, 2.75) is 62.6 Å². The topological polar surface area (TPSA) is 76.7 Å². The van der Waals surface area contributed by atoms with Crippen molar-refractivity contribution in [3.05, 3.63) is 71.8 Å². The first-order valence-corrected chi connectivity index (χ1v) is 17.5. The van der Waals surface area contributed by atoms with Crippen LogP contribution < -0.4 is 10.6 Å². The molecule has 0 heterocycles. The summed E-state index contributed by atoms with van der Waals surface area (Å²) in [6.07, 6.45) is 1.02. The monoisotopic (exact) mass is 572 g/mol. The fraction of sp³-hybridized carbons (Fsp3) is 0.417. The molecule has 0 saturated heterocycles. The molecule has 0 aliphatic heterocycles. The van der Waals surface area contributed by atoms with Gasteiger partial charge in [-0.3, -0.25) is 0 Å². The number of hydrogen-bond acceptors (Lipinski definition) is 4. The van der Waals surface area contributed by atoms with Crippen molar-refractivity contribution in [2.24, 2.45) is 0 Å². The molecule has 0 saturated carbocycles. The van der Waals surface area contributed by atoms with Crippen molar-refractivity contribution >= 4 is 38.4 Å². The molecule has 0 unspecified atom stereocenters. The Balaban J connectivity index is 1.60. The number of alkyl carbamates (subject to hydrolysis) is 2. The van der Waals surface area contributed by atoms with E-state index >= 15 is 0 Å². The van der Waals surface area contributed by atoms with E-state index in [1.807, 2.05) is 60.7 Å². The molecular weight excluding hydrogens is 538 g/mol. The Labute approximate surface area is 202 Å². The molecule has 2 amide bonds. The van der Waals surface area contributed by atoms with Crippen molar-refractivity contribution in [2.75, 3.05) is 0 Å². The van der Waals surface area contributed by atoms with Crippen LogP contribution in [-0.4, -0.2) is 50.5 Å². The Bertz CT molecular complexity index is 726.